The van der Waals surface area contributed by atoms with Gasteiger partial charge in [-0.2, -0.15) is 11.8 Å². The van der Waals surface area contributed by atoms with Gasteiger partial charge in [-0.3, -0.25) is 19.3 Å². The number of carbonyl (C=O) groups excluding carboxylic acids is 3. The Kier molecular flexibility index (Phi) is 5.73. The normalized spacial score (nSPS) is 14.0. The Morgan fingerprint density at radius 3 is 2.12 bits per heavy atom. The molecule has 0 unspecified atom stereocenters. The molecule has 2 aromatic carbocycles. The minimum absolute atomic E-state index is 0.128. The summed E-state index contributed by atoms with van der Waals surface area (Å²) in [5.74, 6) is 0.499. The van der Waals surface area contributed by atoms with Gasteiger partial charge in [0.1, 0.15) is 0 Å². The van der Waals surface area contributed by atoms with Crippen LogP contribution in [0.4, 0.5) is 5.69 Å². The van der Waals surface area contributed by atoms with Gasteiger partial charge in [0.2, 0.25) is 11.8 Å². The number of amides is 3. The predicted molar refractivity (Wildman–Crippen MR) is 103 cm³/mol. The summed E-state index contributed by atoms with van der Waals surface area (Å²) < 4.78 is 0. The van der Waals surface area contributed by atoms with Crippen molar-refractivity contribution in [2.45, 2.75) is 25.1 Å². The van der Waals surface area contributed by atoms with E-state index in [0.717, 1.165) is 11.3 Å². The van der Waals surface area contributed by atoms with E-state index < -0.39 is 0 Å². The lowest BCUT2D eigenvalue weighted by molar-refractivity contribution is -0.139. The van der Waals surface area contributed by atoms with Crippen molar-refractivity contribution in [3.8, 4) is 0 Å². The van der Waals surface area contributed by atoms with Gasteiger partial charge in [0.15, 0.2) is 0 Å². The molecule has 1 aliphatic heterocycles. The molecule has 6 heteroatoms. The second-order valence-electron chi connectivity index (χ2n) is 6.15. The van der Waals surface area contributed by atoms with Crippen molar-refractivity contribution in [3.05, 3.63) is 65.2 Å². The molecule has 1 fully saturated rings. The third-order valence-corrected chi connectivity index (χ3v) is 4.86. The van der Waals surface area contributed by atoms with E-state index in [0.29, 0.717) is 24.1 Å². The van der Waals surface area contributed by atoms with Crippen LogP contribution in [0, 0.1) is 0 Å². The maximum absolute atomic E-state index is 12.3. The Morgan fingerprint density at radius 2 is 1.54 bits per heavy atom. The summed E-state index contributed by atoms with van der Waals surface area (Å²) in [6.45, 7) is 0.281. The first-order valence-electron chi connectivity index (χ1n) is 8.38. The van der Waals surface area contributed by atoms with Crippen molar-refractivity contribution in [1.82, 2.24) is 4.90 Å². The molecule has 134 valence electrons. The molecule has 3 amide bonds. The van der Waals surface area contributed by atoms with Gasteiger partial charge in [-0.05, 0) is 41.6 Å². The van der Waals surface area contributed by atoms with Gasteiger partial charge in [0.25, 0.3) is 5.91 Å². The van der Waals surface area contributed by atoms with Gasteiger partial charge in [-0.15, -0.1) is 0 Å². The topological polar surface area (TPSA) is 66.5 Å². The fourth-order valence-electron chi connectivity index (χ4n) is 2.80. The van der Waals surface area contributed by atoms with Crippen molar-refractivity contribution in [2.75, 3.05) is 11.6 Å². The molecule has 1 N–H and O–H groups in total. The molecule has 0 aliphatic carbocycles. The Hall–Kier alpha value is -2.60. The Labute approximate surface area is 156 Å². The van der Waals surface area contributed by atoms with E-state index in [9.17, 15) is 14.4 Å². The van der Waals surface area contributed by atoms with Gasteiger partial charge in [-0.1, -0.05) is 24.3 Å². The highest BCUT2D eigenvalue weighted by Crippen LogP contribution is 2.18. The number of carbonyl (C=O) groups is 3. The summed E-state index contributed by atoms with van der Waals surface area (Å²) in [6.07, 6.45) is 2.63. The minimum Gasteiger partial charge on any atom is -0.322 e. The average Bonchev–Trinajstić information content (AvgIpc) is 2.96. The van der Waals surface area contributed by atoms with Crippen molar-refractivity contribution in [1.29, 1.82) is 0 Å². The molecule has 5 nitrogen and oxygen atoms in total. The summed E-state index contributed by atoms with van der Waals surface area (Å²) in [4.78, 5) is 36.9. The van der Waals surface area contributed by atoms with Gasteiger partial charge in [-0.25, -0.2) is 0 Å². The van der Waals surface area contributed by atoms with E-state index in [2.05, 4.69) is 5.32 Å². The number of likely N-dealkylation sites (tertiary alicyclic amines) is 1. The maximum atomic E-state index is 12.3. The summed E-state index contributed by atoms with van der Waals surface area (Å²) in [5.41, 5.74) is 3.32. The molecule has 1 saturated heterocycles. The van der Waals surface area contributed by atoms with Crippen molar-refractivity contribution >= 4 is 35.2 Å². The van der Waals surface area contributed by atoms with Gasteiger partial charge in [0.05, 0.1) is 6.54 Å². The smallest absolute Gasteiger partial charge is 0.255 e. The number of hydrogen-bond acceptors (Lipinski definition) is 4. The van der Waals surface area contributed by atoms with Crippen LogP contribution in [0.3, 0.4) is 0 Å². The molecule has 0 atom stereocenters. The molecule has 3 rings (SSSR count). The van der Waals surface area contributed by atoms with Crippen molar-refractivity contribution in [3.63, 3.8) is 0 Å². The van der Waals surface area contributed by atoms with Crippen LogP contribution in [0.1, 0.15) is 34.3 Å². The zero-order valence-electron chi connectivity index (χ0n) is 14.5. The third-order valence-electron chi connectivity index (χ3n) is 4.23. The van der Waals surface area contributed by atoms with E-state index in [1.165, 1.54) is 10.5 Å². The highest BCUT2D eigenvalue weighted by molar-refractivity contribution is 7.97. The van der Waals surface area contributed by atoms with Gasteiger partial charge in [0, 0.05) is 29.8 Å². The van der Waals surface area contributed by atoms with E-state index in [1.807, 2.05) is 42.7 Å². The fraction of sp³-hybridized carbons (Fsp3) is 0.250. The van der Waals surface area contributed by atoms with Crippen LogP contribution < -0.4 is 5.32 Å². The highest BCUT2D eigenvalue weighted by atomic mass is 32.2. The zero-order chi connectivity index (χ0) is 18.5. The van der Waals surface area contributed by atoms with E-state index >= 15 is 0 Å². The van der Waals surface area contributed by atoms with Crippen molar-refractivity contribution in [2.24, 2.45) is 0 Å². The van der Waals surface area contributed by atoms with Crippen LogP contribution in [-0.4, -0.2) is 28.9 Å². The Morgan fingerprint density at radius 1 is 0.962 bits per heavy atom. The standard InChI is InChI=1S/C20H20N2O3S/c1-26-13-15-2-6-16(7-3-15)20(25)21-17-8-4-14(5-9-17)12-22-18(23)10-11-19(22)24/h2-9H,10-13H2,1H3,(H,21,25). The van der Waals surface area contributed by atoms with Gasteiger partial charge < -0.3 is 5.32 Å². The molecular weight excluding hydrogens is 348 g/mol. The first kappa shape index (κ1) is 18.2. The molecule has 0 aromatic heterocycles. The molecule has 0 bridgehead atoms. The lowest BCUT2D eigenvalue weighted by atomic mass is 10.1. The molecule has 1 aliphatic rings. The number of hydrogen-bond donors (Lipinski definition) is 1. The molecule has 0 spiro atoms. The van der Waals surface area contributed by atoms with E-state index in [4.69, 9.17) is 0 Å². The van der Waals surface area contributed by atoms with Crippen LogP contribution >= 0.6 is 11.8 Å². The lowest BCUT2D eigenvalue weighted by Gasteiger charge is -2.14. The van der Waals surface area contributed by atoms with E-state index in [1.54, 1.807) is 23.9 Å². The lowest BCUT2D eigenvalue weighted by Crippen LogP contribution is -2.28. The number of thioether (sulfide) groups is 1. The Balaban J connectivity index is 1.60. The Bertz CT molecular complexity index is 800. The first-order valence-corrected chi connectivity index (χ1v) is 9.77. The van der Waals surface area contributed by atoms with Crippen LogP contribution in [0.5, 0.6) is 0 Å². The summed E-state index contributed by atoms with van der Waals surface area (Å²) in [7, 11) is 0. The summed E-state index contributed by atoms with van der Waals surface area (Å²) >= 11 is 1.74. The van der Waals surface area contributed by atoms with Crippen molar-refractivity contribution < 1.29 is 14.4 Å². The summed E-state index contributed by atoms with van der Waals surface area (Å²) in [5, 5.41) is 2.86. The number of nitrogens with zero attached hydrogens (tertiary/aromatic N) is 1. The SMILES string of the molecule is CSCc1ccc(C(=O)Nc2ccc(CN3C(=O)CCC3=O)cc2)cc1. The van der Waals surface area contributed by atoms with E-state index in [-0.39, 0.29) is 24.3 Å². The maximum Gasteiger partial charge on any atom is 0.255 e. The molecule has 0 saturated carbocycles. The quantitative estimate of drug-likeness (QED) is 0.793. The van der Waals surface area contributed by atoms with Crippen LogP contribution in [0.15, 0.2) is 48.5 Å². The number of benzene rings is 2. The van der Waals surface area contributed by atoms with Gasteiger partial charge >= 0.3 is 0 Å². The monoisotopic (exact) mass is 368 g/mol. The second kappa shape index (κ2) is 8.19. The van der Waals surface area contributed by atoms with Crippen LogP contribution in [-0.2, 0) is 21.9 Å². The first-order chi connectivity index (χ1) is 12.6. The number of imide groups is 1. The largest absolute Gasteiger partial charge is 0.322 e. The predicted octanol–water partition coefficient (Wildman–Crippen LogP) is 3.45. The van der Waals surface area contributed by atoms with Crippen LogP contribution in [0.25, 0.3) is 0 Å². The number of nitrogens with one attached hydrogen (secondary N) is 1. The number of rotatable bonds is 6. The highest BCUT2D eigenvalue weighted by Gasteiger charge is 2.28. The number of anilines is 1. The fourth-order valence-corrected chi connectivity index (χ4v) is 3.32. The third kappa shape index (κ3) is 4.32. The molecule has 26 heavy (non-hydrogen) atoms. The molecule has 0 radical (unpaired) electrons. The average molecular weight is 368 g/mol. The second-order valence-corrected chi connectivity index (χ2v) is 7.02. The molecule has 1 heterocycles. The summed E-state index contributed by atoms with van der Waals surface area (Å²) in [6, 6.07) is 14.7. The minimum atomic E-state index is -0.168. The van der Waals surface area contributed by atoms with Crippen LogP contribution in [0.2, 0.25) is 0 Å². The molecular formula is C20H20N2O3S. The zero-order valence-corrected chi connectivity index (χ0v) is 15.3. The molecule has 2 aromatic rings.